The number of carbonyl (C=O) groups excluding carboxylic acids is 2. The van der Waals surface area contributed by atoms with Crippen molar-refractivity contribution < 1.29 is 24.2 Å². The molecule has 18 heavy (non-hydrogen) atoms. The average Bonchev–Trinajstić information content (AvgIpc) is 2.51. The molecule has 4 atom stereocenters. The first kappa shape index (κ1) is 13.3. The Morgan fingerprint density at radius 1 is 1.39 bits per heavy atom. The third-order valence-corrected chi connectivity index (χ3v) is 4.49. The number of methoxy groups -OCH3 is 1. The van der Waals surface area contributed by atoms with Gasteiger partial charge in [0, 0.05) is 5.92 Å². The van der Waals surface area contributed by atoms with Crippen LogP contribution in [0.25, 0.3) is 0 Å². The Labute approximate surface area is 106 Å². The van der Waals surface area contributed by atoms with Crippen LogP contribution in [0.2, 0.25) is 0 Å². The summed E-state index contributed by atoms with van der Waals surface area (Å²) in [5.41, 5.74) is 0.339. The van der Waals surface area contributed by atoms with Crippen molar-refractivity contribution in [1.82, 2.24) is 0 Å². The van der Waals surface area contributed by atoms with Crippen LogP contribution in [0.15, 0.2) is 0 Å². The van der Waals surface area contributed by atoms with Crippen LogP contribution < -0.4 is 0 Å². The molecule has 0 aromatic heterocycles. The summed E-state index contributed by atoms with van der Waals surface area (Å²) in [7, 11) is 1.17. The zero-order valence-electron chi connectivity index (χ0n) is 10.8. The number of ether oxygens (including phenoxy) is 2. The molecule has 102 valence electrons. The van der Waals surface area contributed by atoms with E-state index in [0.717, 1.165) is 19.3 Å². The van der Waals surface area contributed by atoms with Gasteiger partial charge in [0.05, 0.1) is 13.5 Å². The standard InChI is InChI=1S/C13H20O5/c1-13-5-3-8(13)10(4-6-13)18-11(15)7-9(14)12(16)17-2/h8-10,14H,3-7H2,1-2H3/t8?,9-,10?,13?/m0/s1. The van der Waals surface area contributed by atoms with Gasteiger partial charge in [0.15, 0.2) is 6.10 Å². The van der Waals surface area contributed by atoms with E-state index in [1.807, 2.05) is 0 Å². The van der Waals surface area contributed by atoms with E-state index in [1.165, 1.54) is 13.5 Å². The first-order chi connectivity index (χ1) is 8.46. The molecule has 0 spiro atoms. The van der Waals surface area contributed by atoms with E-state index < -0.39 is 18.0 Å². The second-order valence-corrected chi connectivity index (χ2v) is 5.61. The summed E-state index contributed by atoms with van der Waals surface area (Å²) in [6, 6.07) is 0. The molecule has 5 heteroatoms. The molecule has 2 fully saturated rings. The molecule has 0 amide bonds. The van der Waals surface area contributed by atoms with Crippen LogP contribution in [-0.4, -0.2) is 36.4 Å². The molecule has 0 aliphatic heterocycles. The van der Waals surface area contributed by atoms with E-state index in [0.29, 0.717) is 11.3 Å². The molecule has 0 radical (unpaired) electrons. The van der Waals surface area contributed by atoms with Gasteiger partial charge < -0.3 is 14.6 Å². The van der Waals surface area contributed by atoms with Crippen molar-refractivity contribution in [2.24, 2.45) is 11.3 Å². The summed E-state index contributed by atoms with van der Waals surface area (Å²) < 4.78 is 9.72. The highest BCUT2D eigenvalue weighted by molar-refractivity contribution is 5.81. The molecule has 0 aromatic rings. The third kappa shape index (κ3) is 2.36. The van der Waals surface area contributed by atoms with Crippen LogP contribution >= 0.6 is 0 Å². The van der Waals surface area contributed by atoms with Crippen LogP contribution in [0, 0.1) is 11.3 Å². The minimum absolute atomic E-state index is 0.0407. The highest BCUT2D eigenvalue weighted by Gasteiger charge is 2.52. The molecular weight excluding hydrogens is 236 g/mol. The molecule has 3 unspecified atom stereocenters. The molecule has 2 aliphatic carbocycles. The summed E-state index contributed by atoms with van der Waals surface area (Å²) >= 11 is 0. The molecule has 2 rings (SSSR count). The molecule has 0 heterocycles. The number of fused-ring (bicyclic) bond motifs is 1. The van der Waals surface area contributed by atoms with Crippen molar-refractivity contribution in [3.8, 4) is 0 Å². The summed E-state index contributed by atoms with van der Waals surface area (Å²) in [5.74, 6) is -0.863. The second-order valence-electron chi connectivity index (χ2n) is 5.61. The second kappa shape index (κ2) is 4.88. The zero-order chi connectivity index (χ0) is 13.3. The van der Waals surface area contributed by atoms with Crippen molar-refractivity contribution in [3.63, 3.8) is 0 Å². The van der Waals surface area contributed by atoms with Crippen LogP contribution in [0.3, 0.4) is 0 Å². The predicted molar refractivity (Wildman–Crippen MR) is 62.6 cm³/mol. The lowest BCUT2D eigenvalue weighted by Gasteiger charge is -2.43. The van der Waals surface area contributed by atoms with Gasteiger partial charge in [-0.2, -0.15) is 0 Å². The van der Waals surface area contributed by atoms with E-state index in [-0.39, 0.29) is 12.5 Å². The molecule has 2 saturated carbocycles. The molecule has 0 bridgehead atoms. The summed E-state index contributed by atoms with van der Waals surface area (Å²) in [4.78, 5) is 22.6. The maximum absolute atomic E-state index is 11.6. The van der Waals surface area contributed by atoms with Crippen molar-refractivity contribution in [3.05, 3.63) is 0 Å². The van der Waals surface area contributed by atoms with Gasteiger partial charge >= 0.3 is 11.9 Å². The van der Waals surface area contributed by atoms with E-state index in [2.05, 4.69) is 11.7 Å². The Morgan fingerprint density at radius 3 is 2.56 bits per heavy atom. The first-order valence-corrected chi connectivity index (χ1v) is 6.41. The van der Waals surface area contributed by atoms with Gasteiger partial charge in [-0.1, -0.05) is 6.92 Å². The molecule has 2 aliphatic rings. The normalized spacial score (nSPS) is 35.3. The van der Waals surface area contributed by atoms with Gasteiger partial charge in [0.1, 0.15) is 6.10 Å². The summed E-state index contributed by atoms with van der Waals surface area (Å²) in [5, 5.41) is 9.37. The molecule has 0 saturated heterocycles. The minimum Gasteiger partial charge on any atom is -0.467 e. The maximum atomic E-state index is 11.6. The Morgan fingerprint density at radius 2 is 2.06 bits per heavy atom. The fraction of sp³-hybridized carbons (Fsp3) is 0.846. The number of hydrogen-bond donors (Lipinski definition) is 1. The number of hydrogen-bond acceptors (Lipinski definition) is 5. The Balaban J connectivity index is 1.80. The number of aliphatic hydroxyl groups is 1. The Bertz CT molecular complexity index is 353. The van der Waals surface area contributed by atoms with E-state index in [4.69, 9.17) is 4.74 Å². The molecule has 5 nitrogen and oxygen atoms in total. The highest BCUT2D eigenvalue weighted by Crippen LogP contribution is 2.57. The minimum atomic E-state index is -1.42. The van der Waals surface area contributed by atoms with Crippen molar-refractivity contribution in [2.75, 3.05) is 7.11 Å². The quantitative estimate of drug-likeness (QED) is 0.761. The number of aliphatic hydroxyl groups excluding tert-OH is 1. The molecule has 0 aromatic carbocycles. The maximum Gasteiger partial charge on any atom is 0.335 e. The molecular formula is C13H20O5. The van der Waals surface area contributed by atoms with Gasteiger partial charge in [-0.05, 0) is 31.1 Å². The van der Waals surface area contributed by atoms with E-state index in [9.17, 15) is 14.7 Å². The lowest BCUT2D eigenvalue weighted by molar-refractivity contribution is -0.163. The number of esters is 2. The van der Waals surface area contributed by atoms with Crippen LogP contribution in [0.1, 0.15) is 39.0 Å². The largest absolute Gasteiger partial charge is 0.467 e. The van der Waals surface area contributed by atoms with Gasteiger partial charge in [-0.25, -0.2) is 4.79 Å². The van der Waals surface area contributed by atoms with Crippen LogP contribution in [0.5, 0.6) is 0 Å². The smallest absolute Gasteiger partial charge is 0.335 e. The Kier molecular flexibility index (Phi) is 3.61. The van der Waals surface area contributed by atoms with Crippen LogP contribution in [-0.2, 0) is 19.1 Å². The monoisotopic (exact) mass is 256 g/mol. The lowest BCUT2D eigenvalue weighted by atomic mass is 9.63. The number of rotatable bonds is 4. The van der Waals surface area contributed by atoms with Gasteiger partial charge in [0.25, 0.3) is 0 Å². The molecule has 1 N–H and O–H groups in total. The van der Waals surface area contributed by atoms with E-state index >= 15 is 0 Å². The van der Waals surface area contributed by atoms with Crippen molar-refractivity contribution in [2.45, 2.75) is 51.2 Å². The van der Waals surface area contributed by atoms with Gasteiger partial charge in [-0.15, -0.1) is 0 Å². The van der Waals surface area contributed by atoms with Crippen LogP contribution in [0.4, 0.5) is 0 Å². The van der Waals surface area contributed by atoms with Crippen molar-refractivity contribution in [1.29, 1.82) is 0 Å². The fourth-order valence-electron chi connectivity index (χ4n) is 3.16. The van der Waals surface area contributed by atoms with E-state index in [1.54, 1.807) is 0 Å². The fourth-order valence-corrected chi connectivity index (χ4v) is 3.16. The Hall–Kier alpha value is -1.10. The zero-order valence-corrected chi connectivity index (χ0v) is 10.8. The number of carbonyl (C=O) groups is 2. The van der Waals surface area contributed by atoms with Gasteiger partial charge in [0.2, 0.25) is 0 Å². The van der Waals surface area contributed by atoms with Gasteiger partial charge in [-0.3, -0.25) is 4.79 Å². The summed E-state index contributed by atoms with van der Waals surface area (Å²) in [6.45, 7) is 2.23. The highest BCUT2D eigenvalue weighted by atomic mass is 16.6. The average molecular weight is 256 g/mol. The first-order valence-electron chi connectivity index (χ1n) is 6.41. The third-order valence-electron chi connectivity index (χ3n) is 4.49. The lowest BCUT2D eigenvalue weighted by Crippen LogP contribution is -2.39. The summed E-state index contributed by atoms with van der Waals surface area (Å²) in [6.07, 6.45) is 2.51. The topological polar surface area (TPSA) is 72.8 Å². The SMILES string of the molecule is COC(=O)[C@@H](O)CC(=O)OC1CCC2(C)CCC12. The predicted octanol–water partition coefficient (Wildman–Crippen LogP) is 1.03. The van der Waals surface area contributed by atoms with Crippen molar-refractivity contribution >= 4 is 11.9 Å².